The van der Waals surface area contributed by atoms with Gasteiger partial charge in [-0.2, -0.15) is 0 Å². The number of nitrogens with zero attached hydrogens (tertiary/aromatic N) is 1. The lowest BCUT2D eigenvalue weighted by Crippen LogP contribution is -2.35. The van der Waals surface area contributed by atoms with Gasteiger partial charge < -0.3 is 10.2 Å². The lowest BCUT2D eigenvalue weighted by atomic mass is 10.0. The first-order valence-corrected chi connectivity index (χ1v) is 10.9. The molecule has 1 aliphatic heterocycles. The van der Waals surface area contributed by atoms with Crippen LogP contribution in [0.25, 0.3) is 10.8 Å². The molecule has 5 rings (SSSR count). The summed E-state index contributed by atoms with van der Waals surface area (Å²) in [4.78, 5) is 28.3. The van der Waals surface area contributed by atoms with Gasteiger partial charge in [0.15, 0.2) is 0 Å². The maximum Gasteiger partial charge on any atom is 0.268 e. The molecule has 1 aromatic heterocycles. The first kappa shape index (κ1) is 18.6. The topological polar surface area (TPSA) is 49.4 Å². The number of rotatable bonds is 3. The fourth-order valence-corrected chi connectivity index (χ4v) is 4.60. The summed E-state index contributed by atoms with van der Waals surface area (Å²) in [5.41, 5.74) is 3.32. The lowest BCUT2D eigenvalue weighted by molar-refractivity contribution is 0.0987. The third-order valence-corrected chi connectivity index (χ3v) is 6.31. The standard InChI is InChI=1S/C25H20N2O2S/c28-24(20-10-9-17-5-1-2-6-19(17)15-20)26-21-12-11-18-7-3-13-27(22(18)16-21)25(29)23-8-4-14-30-23/h1-2,4-6,8-12,14-16H,3,7,13H2,(H,26,28). The van der Waals surface area contributed by atoms with Gasteiger partial charge in [0.05, 0.1) is 4.88 Å². The van der Waals surface area contributed by atoms with Crippen LogP contribution in [0.3, 0.4) is 0 Å². The van der Waals surface area contributed by atoms with Crippen LogP contribution in [-0.4, -0.2) is 18.4 Å². The van der Waals surface area contributed by atoms with Gasteiger partial charge >= 0.3 is 0 Å². The van der Waals surface area contributed by atoms with Crippen LogP contribution >= 0.6 is 11.3 Å². The lowest BCUT2D eigenvalue weighted by Gasteiger charge is -2.29. The van der Waals surface area contributed by atoms with E-state index < -0.39 is 0 Å². The van der Waals surface area contributed by atoms with Gasteiger partial charge in [0.1, 0.15) is 0 Å². The zero-order valence-corrected chi connectivity index (χ0v) is 17.1. The van der Waals surface area contributed by atoms with Crippen molar-refractivity contribution >= 4 is 45.3 Å². The number of aryl methyl sites for hydroxylation is 1. The monoisotopic (exact) mass is 412 g/mol. The largest absolute Gasteiger partial charge is 0.322 e. The summed E-state index contributed by atoms with van der Waals surface area (Å²) >= 11 is 1.45. The molecule has 0 unspecified atom stereocenters. The summed E-state index contributed by atoms with van der Waals surface area (Å²) in [5.74, 6) is -0.142. The third kappa shape index (κ3) is 3.48. The second kappa shape index (κ2) is 7.76. The molecule has 0 saturated heterocycles. The van der Waals surface area contributed by atoms with E-state index in [1.165, 1.54) is 11.3 Å². The zero-order valence-electron chi connectivity index (χ0n) is 16.3. The first-order valence-electron chi connectivity index (χ1n) is 9.97. The number of hydrogen-bond acceptors (Lipinski definition) is 3. The predicted octanol–water partition coefficient (Wildman–Crippen LogP) is 5.75. The van der Waals surface area contributed by atoms with Crippen molar-refractivity contribution in [3.05, 3.63) is 94.2 Å². The molecule has 4 aromatic rings. The van der Waals surface area contributed by atoms with E-state index in [1.807, 2.05) is 83.1 Å². The van der Waals surface area contributed by atoms with E-state index in [4.69, 9.17) is 0 Å². The van der Waals surface area contributed by atoms with Crippen molar-refractivity contribution < 1.29 is 9.59 Å². The quantitative estimate of drug-likeness (QED) is 0.466. The summed E-state index contributed by atoms with van der Waals surface area (Å²) < 4.78 is 0. The predicted molar refractivity (Wildman–Crippen MR) is 123 cm³/mol. The Hall–Kier alpha value is -3.44. The minimum absolute atomic E-state index is 0.0176. The normalized spacial score (nSPS) is 13.1. The smallest absolute Gasteiger partial charge is 0.268 e. The minimum Gasteiger partial charge on any atom is -0.322 e. The Bertz CT molecular complexity index is 1250. The molecule has 148 valence electrons. The molecular formula is C25H20N2O2S. The highest BCUT2D eigenvalue weighted by molar-refractivity contribution is 7.12. The molecule has 3 aromatic carbocycles. The van der Waals surface area contributed by atoms with Gasteiger partial charge in [-0.05, 0) is 64.9 Å². The summed E-state index contributed by atoms with van der Waals surface area (Å²) in [7, 11) is 0. The summed E-state index contributed by atoms with van der Waals surface area (Å²) in [6, 6.07) is 23.3. The van der Waals surface area contributed by atoms with Crippen molar-refractivity contribution in [2.75, 3.05) is 16.8 Å². The van der Waals surface area contributed by atoms with Crippen LogP contribution in [0.5, 0.6) is 0 Å². The maximum absolute atomic E-state index is 13.0. The average Bonchev–Trinajstić information content (AvgIpc) is 3.33. The van der Waals surface area contributed by atoms with Crippen molar-refractivity contribution in [1.82, 2.24) is 0 Å². The van der Waals surface area contributed by atoms with Crippen molar-refractivity contribution in [3.8, 4) is 0 Å². The molecule has 0 saturated carbocycles. The van der Waals surface area contributed by atoms with E-state index in [9.17, 15) is 9.59 Å². The van der Waals surface area contributed by atoms with E-state index in [0.29, 0.717) is 17.8 Å². The number of anilines is 2. The van der Waals surface area contributed by atoms with E-state index in [0.717, 1.165) is 39.7 Å². The molecule has 2 amide bonds. The SMILES string of the molecule is O=C(Nc1ccc2c(c1)N(C(=O)c1cccs1)CCC2)c1ccc2ccccc2c1. The molecule has 4 nitrogen and oxygen atoms in total. The van der Waals surface area contributed by atoms with Crippen molar-refractivity contribution in [3.63, 3.8) is 0 Å². The minimum atomic E-state index is -0.160. The Kier molecular flexibility index (Phi) is 4.81. The third-order valence-electron chi connectivity index (χ3n) is 5.45. The molecule has 0 spiro atoms. The van der Waals surface area contributed by atoms with Gasteiger partial charge in [-0.15, -0.1) is 11.3 Å². The molecule has 0 bridgehead atoms. The van der Waals surface area contributed by atoms with Crippen LogP contribution < -0.4 is 10.2 Å². The fourth-order valence-electron chi connectivity index (χ4n) is 3.93. The van der Waals surface area contributed by atoms with Crippen molar-refractivity contribution in [2.24, 2.45) is 0 Å². The average molecular weight is 413 g/mol. The number of amides is 2. The Labute approximate surface area is 178 Å². The number of hydrogen-bond donors (Lipinski definition) is 1. The summed E-state index contributed by atoms with van der Waals surface area (Å²) in [6.07, 6.45) is 1.87. The van der Waals surface area contributed by atoms with Crippen LogP contribution in [0.15, 0.2) is 78.2 Å². The number of benzene rings is 3. The molecule has 0 radical (unpaired) electrons. The molecule has 2 heterocycles. The van der Waals surface area contributed by atoms with E-state index in [-0.39, 0.29) is 11.8 Å². The molecule has 5 heteroatoms. The van der Waals surface area contributed by atoms with Crippen LogP contribution in [-0.2, 0) is 6.42 Å². The van der Waals surface area contributed by atoms with Crippen LogP contribution in [0.4, 0.5) is 11.4 Å². The van der Waals surface area contributed by atoms with Gasteiger partial charge in [-0.3, -0.25) is 9.59 Å². The van der Waals surface area contributed by atoms with Crippen molar-refractivity contribution in [1.29, 1.82) is 0 Å². The summed E-state index contributed by atoms with van der Waals surface area (Å²) in [6.45, 7) is 0.686. The van der Waals surface area contributed by atoms with Gasteiger partial charge in [0.25, 0.3) is 11.8 Å². The number of carbonyl (C=O) groups is 2. The second-order valence-electron chi connectivity index (χ2n) is 7.40. The first-order chi connectivity index (χ1) is 14.7. The highest BCUT2D eigenvalue weighted by Gasteiger charge is 2.24. The van der Waals surface area contributed by atoms with Crippen LogP contribution in [0.2, 0.25) is 0 Å². The number of thiophene rings is 1. The molecule has 0 fully saturated rings. The van der Waals surface area contributed by atoms with Gasteiger partial charge in [0, 0.05) is 23.5 Å². The van der Waals surface area contributed by atoms with Crippen LogP contribution in [0.1, 0.15) is 32.0 Å². The molecule has 0 atom stereocenters. The Morgan fingerprint density at radius 1 is 0.900 bits per heavy atom. The van der Waals surface area contributed by atoms with Gasteiger partial charge in [-0.25, -0.2) is 0 Å². The van der Waals surface area contributed by atoms with Crippen LogP contribution in [0, 0.1) is 0 Å². The van der Waals surface area contributed by atoms with E-state index in [2.05, 4.69) is 5.32 Å². The second-order valence-corrected chi connectivity index (χ2v) is 8.34. The molecule has 0 aliphatic carbocycles. The number of fused-ring (bicyclic) bond motifs is 2. The Balaban J connectivity index is 1.42. The Morgan fingerprint density at radius 3 is 2.60 bits per heavy atom. The maximum atomic E-state index is 13.0. The molecule has 30 heavy (non-hydrogen) atoms. The highest BCUT2D eigenvalue weighted by atomic mass is 32.1. The fraction of sp³-hybridized carbons (Fsp3) is 0.120. The summed E-state index contributed by atoms with van der Waals surface area (Å²) in [5, 5.41) is 7.04. The molecular weight excluding hydrogens is 392 g/mol. The highest BCUT2D eigenvalue weighted by Crippen LogP contribution is 2.32. The van der Waals surface area contributed by atoms with Crippen molar-refractivity contribution in [2.45, 2.75) is 12.8 Å². The zero-order chi connectivity index (χ0) is 20.5. The van der Waals surface area contributed by atoms with E-state index >= 15 is 0 Å². The molecule has 1 aliphatic rings. The molecule has 1 N–H and O–H groups in total. The number of nitrogens with one attached hydrogen (secondary N) is 1. The number of carbonyl (C=O) groups excluding carboxylic acids is 2. The van der Waals surface area contributed by atoms with E-state index in [1.54, 1.807) is 0 Å². The Morgan fingerprint density at radius 2 is 1.77 bits per heavy atom. The van der Waals surface area contributed by atoms with Gasteiger partial charge in [-0.1, -0.05) is 42.5 Å². The van der Waals surface area contributed by atoms with Gasteiger partial charge in [0.2, 0.25) is 0 Å².